The maximum Gasteiger partial charge on any atom is 0.406 e. The van der Waals surface area contributed by atoms with Crippen LogP contribution in [0.2, 0.25) is 5.02 Å². The van der Waals surface area contributed by atoms with Crippen LogP contribution >= 0.6 is 11.6 Å². The number of alkyl carbamates (subject to hydrolysis) is 1. The fourth-order valence-electron chi connectivity index (χ4n) is 1.37. The van der Waals surface area contributed by atoms with Crippen molar-refractivity contribution in [2.75, 3.05) is 13.7 Å². The molecular weight excluding hydrogens is 226 g/mol. The Morgan fingerprint density at radius 1 is 1.38 bits per heavy atom. The van der Waals surface area contributed by atoms with Crippen molar-refractivity contribution in [1.29, 1.82) is 0 Å². The van der Waals surface area contributed by atoms with Gasteiger partial charge in [-0.3, -0.25) is 0 Å². The van der Waals surface area contributed by atoms with Gasteiger partial charge in [-0.2, -0.15) is 0 Å². The summed E-state index contributed by atoms with van der Waals surface area (Å²) >= 11 is 5.82. The molecule has 3 nitrogen and oxygen atoms in total. The van der Waals surface area contributed by atoms with Crippen LogP contribution in [0.25, 0.3) is 0 Å². The number of methoxy groups -OCH3 is 1. The third-order valence-electron chi connectivity index (χ3n) is 2.49. The summed E-state index contributed by atoms with van der Waals surface area (Å²) in [6, 6.07) is 7.61. The molecule has 0 unspecified atom stereocenters. The average Bonchev–Trinajstić information content (AvgIpc) is 2.26. The van der Waals surface area contributed by atoms with Gasteiger partial charge in [0, 0.05) is 17.0 Å². The summed E-state index contributed by atoms with van der Waals surface area (Å²) in [6.45, 7) is 4.61. The smallest absolute Gasteiger partial charge is 0.406 e. The zero-order valence-electron chi connectivity index (χ0n) is 9.71. The molecule has 0 aliphatic heterocycles. The molecule has 0 heterocycles. The quantitative estimate of drug-likeness (QED) is 0.884. The fourth-order valence-corrected chi connectivity index (χ4v) is 1.49. The Hall–Kier alpha value is -1.22. The van der Waals surface area contributed by atoms with Gasteiger partial charge in [-0.05, 0) is 17.7 Å². The highest BCUT2D eigenvalue weighted by molar-refractivity contribution is 6.30. The van der Waals surface area contributed by atoms with Crippen LogP contribution in [0.15, 0.2) is 24.3 Å². The minimum atomic E-state index is -0.415. The summed E-state index contributed by atoms with van der Waals surface area (Å²) in [5.74, 6) is 0. The molecule has 1 N–H and O–H groups in total. The van der Waals surface area contributed by atoms with Crippen LogP contribution in [-0.4, -0.2) is 19.7 Å². The Kier molecular flexibility index (Phi) is 4.19. The molecule has 0 spiro atoms. The largest absolute Gasteiger partial charge is 0.453 e. The standard InChI is InChI=1S/C12H16ClNO2/c1-12(2,8-14-11(15)16-3)9-4-6-10(13)7-5-9/h4-7H,8H2,1-3H3,(H,14,15). The van der Waals surface area contributed by atoms with Crippen LogP contribution in [-0.2, 0) is 10.2 Å². The average molecular weight is 242 g/mol. The number of rotatable bonds is 3. The van der Waals surface area contributed by atoms with Crippen molar-refractivity contribution in [2.45, 2.75) is 19.3 Å². The lowest BCUT2D eigenvalue weighted by molar-refractivity contribution is 0.168. The second kappa shape index (κ2) is 5.21. The number of halogens is 1. The maximum atomic E-state index is 11.0. The van der Waals surface area contributed by atoms with Crippen molar-refractivity contribution in [3.8, 4) is 0 Å². The molecule has 0 atom stereocenters. The minimum Gasteiger partial charge on any atom is -0.453 e. The molecule has 4 heteroatoms. The first-order chi connectivity index (χ1) is 7.45. The summed E-state index contributed by atoms with van der Waals surface area (Å²) in [5.41, 5.74) is 0.965. The van der Waals surface area contributed by atoms with E-state index in [0.717, 1.165) is 5.56 Å². The number of nitrogens with one attached hydrogen (secondary N) is 1. The Bertz CT molecular complexity index is 360. The molecule has 0 fully saturated rings. The van der Waals surface area contributed by atoms with Gasteiger partial charge < -0.3 is 10.1 Å². The van der Waals surface area contributed by atoms with Gasteiger partial charge in [-0.25, -0.2) is 4.79 Å². The SMILES string of the molecule is COC(=O)NCC(C)(C)c1ccc(Cl)cc1. The molecule has 1 aromatic rings. The molecule has 0 saturated carbocycles. The van der Waals surface area contributed by atoms with E-state index >= 15 is 0 Å². The van der Waals surface area contributed by atoms with Crippen LogP contribution in [0.5, 0.6) is 0 Å². The molecule has 0 radical (unpaired) electrons. The van der Waals surface area contributed by atoms with Crippen molar-refractivity contribution >= 4 is 17.7 Å². The molecular formula is C12H16ClNO2. The summed E-state index contributed by atoms with van der Waals surface area (Å²) in [5, 5.41) is 3.40. The Morgan fingerprint density at radius 2 is 1.94 bits per heavy atom. The molecule has 16 heavy (non-hydrogen) atoms. The van der Waals surface area contributed by atoms with E-state index in [1.165, 1.54) is 7.11 Å². The highest BCUT2D eigenvalue weighted by Gasteiger charge is 2.21. The van der Waals surface area contributed by atoms with Crippen LogP contribution in [0.3, 0.4) is 0 Å². The zero-order valence-corrected chi connectivity index (χ0v) is 10.5. The summed E-state index contributed by atoms with van der Waals surface area (Å²) in [7, 11) is 1.35. The number of benzene rings is 1. The van der Waals surface area contributed by atoms with Gasteiger partial charge in [0.2, 0.25) is 0 Å². The van der Waals surface area contributed by atoms with E-state index in [2.05, 4.69) is 10.1 Å². The highest BCUT2D eigenvalue weighted by atomic mass is 35.5. The van der Waals surface area contributed by atoms with Crippen LogP contribution < -0.4 is 5.32 Å². The van der Waals surface area contributed by atoms with Crippen LogP contribution in [0.1, 0.15) is 19.4 Å². The first kappa shape index (κ1) is 12.8. The first-order valence-electron chi connectivity index (χ1n) is 5.03. The number of hydrogen-bond acceptors (Lipinski definition) is 2. The topological polar surface area (TPSA) is 38.3 Å². The Labute approximate surface area is 101 Å². The summed E-state index contributed by atoms with van der Waals surface area (Å²) in [4.78, 5) is 11.0. The van der Waals surface area contributed by atoms with Gasteiger partial charge >= 0.3 is 6.09 Å². The molecule has 1 rings (SSSR count). The number of amides is 1. The van der Waals surface area contributed by atoms with Gasteiger partial charge in [0.05, 0.1) is 7.11 Å². The molecule has 1 aromatic carbocycles. The molecule has 0 aliphatic rings. The van der Waals surface area contributed by atoms with Crippen LogP contribution in [0, 0.1) is 0 Å². The third-order valence-corrected chi connectivity index (χ3v) is 2.74. The molecule has 0 saturated heterocycles. The molecule has 0 aromatic heterocycles. The van der Waals surface area contributed by atoms with Crippen molar-refractivity contribution in [2.24, 2.45) is 0 Å². The fraction of sp³-hybridized carbons (Fsp3) is 0.417. The van der Waals surface area contributed by atoms with Crippen LogP contribution in [0.4, 0.5) is 4.79 Å². The number of carbonyl (C=O) groups is 1. The lowest BCUT2D eigenvalue weighted by Crippen LogP contribution is -2.36. The lowest BCUT2D eigenvalue weighted by atomic mass is 9.85. The van der Waals surface area contributed by atoms with E-state index in [9.17, 15) is 4.79 Å². The van der Waals surface area contributed by atoms with Crippen molar-refractivity contribution < 1.29 is 9.53 Å². The van der Waals surface area contributed by atoms with Crippen molar-refractivity contribution in [1.82, 2.24) is 5.32 Å². The zero-order chi connectivity index (χ0) is 12.2. The first-order valence-corrected chi connectivity index (χ1v) is 5.41. The maximum absolute atomic E-state index is 11.0. The number of carbonyl (C=O) groups excluding carboxylic acids is 1. The predicted molar refractivity (Wildman–Crippen MR) is 64.9 cm³/mol. The molecule has 88 valence electrons. The molecule has 1 amide bonds. The van der Waals surface area contributed by atoms with E-state index in [0.29, 0.717) is 11.6 Å². The van der Waals surface area contributed by atoms with E-state index in [-0.39, 0.29) is 5.41 Å². The van der Waals surface area contributed by atoms with Gasteiger partial charge in [-0.1, -0.05) is 37.6 Å². The predicted octanol–water partition coefficient (Wildman–Crippen LogP) is 2.97. The van der Waals surface area contributed by atoms with E-state index in [1.54, 1.807) is 0 Å². The second-order valence-corrected chi connectivity index (χ2v) is 4.67. The van der Waals surface area contributed by atoms with E-state index < -0.39 is 6.09 Å². The van der Waals surface area contributed by atoms with E-state index in [4.69, 9.17) is 11.6 Å². The highest BCUT2D eigenvalue weighted by Crippen LogP contribution is 2.23. The Morgan fingerprint density at radius 3 is 2.44 bits per heavy atom. The third kappa shape index (κ3) is 3.42. The van der Waals surface area contributed by atoms with Gasteiger partial charge in [0.1, 0.15) is 0 Å². The minimum absolute atomic E-state index is 0.154. The monoisotopic (exact) mass is 241 g/mol. The summed E-state index contributed by atoms with van der Waals surface area (Å²) in [6.07, 6.45) is -0.415. The number of ether oxygens (including phenoxy) is 1. The van der Waals surface area contributed by atoms with Gasteiger partial charge in [0.25, 0.3) is 0 Å². The lowest BCUT2D eigenvalue weighted by Gasteiger charge is -2.25. The Balaban J connectivity index is 2.69. The number of hydrogen-bond donors (Lipinski definition) is 1. The van der Waals surface area contributed by atoms with E-state index in [1.807, 2.05) is 38.1 Å². The van der Waals surface area contributed by atoms with Gasteiger partial charge in [0.15, 0.2) is 0 Å². The van der Waals surface area contributed by atoms with Crippen molar-refractivity contribution in [3.05, 3.63) is 34.9 Å². The normalized spacial score (nSPS) is 11.0. The molecule has 0 aliphatic carbocycles. The van der Waals surface area contributed by atoms with Crippen molar-refractivity contribution in [3.63, 3.8) is 0 Å². The molecule has 0 bridgehead atoms. The summed E-state index contributed by atoms with van der Waals surface area (Å²) < 4.78 is 4.53. The van der Waals surface area contributed by atoms with Gasteiger partial charge in [-0.15, -0.1) is 0 Å². The second-order valence-electron chi connectivity index (χ2n) is 4.24.